The number of allylic oxidation sites excluding steroid dienone is 1. The Labute approximate surface area is 117 Å². The monoisotopic (exact) mass is 282 g/mol. The molecular weight excluding hydrogens is 260 g/mol. The van der Waals surface area contributed by atoms with Crippen LogP contribution in [-0.2, 0) is 6.42 Å². The van der Waals surface area contributed by atoms with Crippen LogP contribution in [0.2, 0.25) is 18.1 Å². The molecule has 1 rings (SSSR count). The van der Waals surface area contributed by atoms with Gasteiger partial charge in [-0.15, -0.1) is 0 Å². The van der Waals surface area contributed by atoms with Crippen LogP contribution < -0.4 is 4.43 Å². The molecule has 1 nitrogen and oxygen atoms in total. The molecule has 0 radical (unpaired) electrons. The molecule has 0 atom stereocenters. The summed E-state index contributed by atoms with van der Waals surface area (Å²) in [5.41, 5.74) is 2.80. The minimum atomic E-state index is -1.72. The van der Waals surface area contributed by atoms with Gasteiger partial charge in [-0.25, -0.2) is 0 Å². The van der Waals surface area contributed by atoms with Crippen LogP contribution in [0.5, 0.6) is 5.75 Å². The van der Waals surface area contributed by atoms with Crippen LogP contribution in [-0.4, -0.2) is 8.32 Å². The first-order valence-corrected chi connectivity index (χ1v) is 9.64. The molecule has 1 aromatic rings. The maximum Gasteiger partial charge on any atom is 0.250 e. The van der Waals surface area contributed by atoms with Crippen LogP contribution in [0.3, 0.4) is 0 Å². The molecular formula is C15H23ClOSi. The first-order chi connectivity index (χ1) is 8.26. The summed E-state index contributed by atoms with van der Waals surface area (Å²) in [6, 6.07) is 8.30. The number of rotatable bonds is 4. The molecule has 0 aliphatic heterocycles. The molecule has 0 spiro atoms. The Kier molecular flexibility index (Phi) is 5.06. The normalized spacial score (nSPS) is 13.0. The molecule has 0 bridgehead atoms. The smallest absolute Gasteiger partial charge is 0.250 e. The Bertz CT molecular complexity index is 401. The van der Waals surface area contributed by atoms with Gasteiger partial charge in [-0.05, 0) is 42.2 Å². The quantitative estimate of drug-likeness (QED) is 0.675. The lowest BCUT2D eigenvalue weighted by atomic mass is 10.1. The molecule has 0 N–H and O–H groups in total. The van der Waals surface area contributed by atoms with Gasteiger partial charge in [0.1, 0.15) is 5.75 Å². The van der Waals surface area contributed by atoms with Gasteiger partial charge < -0.3 is 4.43 Å². The van der Waals surface area contributed by atoms with Crippen molar-refractivity contribution in [2.75, 3.05) is 0 Å². The van der Waals surface area contributed by atoms with E-state index >= 15 is 0 Å². The molecule has 0 fully saturated rings. The third-order valence-corrected chi connectivity index (χ3v) is 8.08. The molecule has 0 saturated carbocycles. The summed E-state index contributed by atoms with van der Waals surface area (Å²) in [7, 11) is -1.72. The van der Waals surface area contributed by atoms with Crippen molar-refractivity contribution in [1.82, 2.24) is 0 Å². The molecule has 18 heavy (non-hydrogen) atoms. The molecule has 0 amide bonds. The highest BCUT2D eigenvalue weighted by molar-refractivity contribution is 6.74. The third kappa shape index (κ3) is 4.18. The van der Waals surface area contributed by atoms with Crippen LogP contribution >= 0.6 is 11.6 Å². The summed E-state index contributed by atoms with van der Waals surface area (Å²) in [4.78, 5) is 0. The number of benzene rings is 1. The Morgan fingerprint density at radius 3 is 2.17 bits per heavy atom. The van der Waals surface area contributed by atoms with Crippen LogP contribution in [0, 0.1) is 0 Å². The molecule has 0 unspecified atom stereocenters. The average Bonchev–Trinajstić information content (AvgIpc) is 2.26. The third-order valence-electron chi connectivity index (χ3n) is 3.55. The fourth-order valence-electron chi connectivity index (χ4n) is 1.32. The van der Waals surface area contributed by atoms with Crippen molar-refractivity contribution in [2.24, 2.45) is 0 Å². The highest BCUT2D eigenvalue weighted by atomic mass is 35.5. The molecule has 0 aliphatic rings. The number of halogens is 1. The van der Waals surface area contributed by atoms with E-state index in [1.165, 1.54) is 5.56 Å². The molecule has 0 saturated heterocycles. The average molecular weight is 283 g/mol. The lowest BCUT2D eigenvalue weighted by Crippen LogP contribution is -2.43. The SMILES string of the molecule is CC(C)(C)[Si](C)(C)Oc1ccc(C/C=C\Cl)cc1. The Morgan fingerprint density at radius 1 is 1.17 bits per heavy atom. The first kappa shape index (κ1) is 15.3. The van der Waals surface area contributed by atoms with Crippen molar-refractivity contribution in [2.45, 2.75) is 45.3 Å². The maximum atomic E-state index is 6.22. The van der Waals surface area contributed by atoms with Gasteiger partial charge in [-0.3, -0.25) is 0 Å². The summed E-state index contributed by atoms with van der Waals surface area (Å²) >= 11 is 5.52. The Balaban J connectivity index is 2.75. The van der Waals surface area contributed by atoms with E-state index < -0.39 is 8.32 Å². The van der Waals surface area contributed by atoms with Gasteiger partial charge in [-0.2, -0.15) is 0 Å². The first-order valence-electron chi connectivity index (χ1n) is 6.29. The van der Waals surface area contributed by atoms with Gasteiger partial charge in [0.15, 0.2) is 0 Å². The maximum absolute atomic E-state index is 6.22. The topological polar surface area (TPSA) is 9.23 Å². The van der Waals surface area contributed by atoms with Gasteiger partial charge in [0, 0.05) is 5.54 Å². The van der Waals surface area contributed by atoms with Crippen LogP contribution in [0.25, 0.3) is 0 Å². The minimum Gasteiger partial charge on any atom is -0.544 e. The van der Waals surface area contributed by atoms with Crippen molar-refractivity contribution in [1.29, 1.82) is 0 Å². The van der Waals surface area contributed by atoms with E-state index in [9.17, 15) is 0 Å². The summed E-state index contributed by atoms with van der Waals surface area (Å²) in [6.07, 6.45) is 2.80. The van der Waals surface area contributed by atoms with Crippen molar-refractivity contribution in [3.8, 4) is 5.75 Å². The lowest BCUT2D eigenvalue weighted by Gasteiger charge is -2.36. The van der Waals surface area contributed by atoms with Gasteiger partial charge in [-0.1, -0.05) is 50.6 Å². The zero-order valence-electron chi connectivity index (χ0n) is 12.0. The van der Waals surface area contributed by atoms with E-state index in [1.54, 1.807) is 5.54 Å². The van der Waals surface area contributed by atoms with Crippen molar-refractivity contribution >= 4 is 19.9 Å². The summed E-state index contributed by atoms with van der Waals surface area (Å²) in [5, 5.41) is 0.229. The number of hydrogen-bond donors (Lipinski definition) is 0. The lowest BCUT2D eigenvalue weighted by molar-refractivity contribution is 0.492. The second-order valence-corrected chi connectivity index (χ2v) is 11.0. The fraction of sp³-hybridized carbons (Fsp3) is 0.467. The standard InChI is InChI=1S/C15H23ClOSi/c1-15(2,3)18(4,5)17-14-10-8-13(9-11-14)7-6-12-16/h6,8-12H,7H2,1-5H3/b12-6-. The molecule has 1 aromatic carbocycles. The van der Waals surface area contributed by atoms with E-state index in [0.717, 1.165) is 12.2 Å². The molecule has 0 heterocycles. The van der Waals surface area contributed by atoms with Crippen molar-refractivity contribution < 1.29 is 4.43 Å². The van der Waals surface area contributed by atoms with E-state index in [-0.39, 0.29) is 5.04 Å². The van der Waals surface area contributed by atoms with E-state index in [4.69, 9.17) is 16.0 Å². The molecule has 100 valence electrons. The number of hydrogen-bond acceptors (Lipinski definition) is 1. The second-order valence-electron chi connectivity index (χ2n) is 6.07. The highest BCUT2D eigenvalue weighted by Gasteiger charge is 2.38. The largest absolute Gasteiger partial charge is 0.544 e. The molecule has 0 aromatic heterocycles. The minimum absolute atomic E-state index is 0.229. The van der Waals surface area contributed by atoms with E-state index in [0.29, 0.717) is 0 Å². The van der Waals surface area contributed by atoms with Gasteiger partial charge >= 0.3 is 0 Å². The summed E-state index contributed by atoms with van der Waals surface area (Å²) < 4.78 is 6.22. The fourth-order valence-corrected chi connectivity index (χ4v) is 2.44. The highest BCUT2D eigenvalue weighted by Crippen LogP contribution is 2.37. The predicted octanol–water partition coefficient (Wildman–Crippen LogP) is 5.37. The van der Waals surface area contributed by atoms with Gasteiger partial charge in [0.2, 0.25) is 8.32 Å². The van der Waals surface area contributed by atoms with Gasteiger partial charge in [0.05, 0.1) is 0 Å². The van der Waals surface area contributed by atoms with Crippen molar-refractivity contribution in [3.63, 3.8) is 0 Å². The van der Waals surface area contributed by atoms with Crippen LogP contribution in [0.1, 0.15) is 26.3 Å². The van der Waals surface area contributed by atoms with E-state index in [1.807, 2.05) is 6.08 Å². The van der Waals surface area contributed by atoms with Crippen molar-refractivity contribution in [3.05, 3.63) is 41.4 Å². The predicted molar refractivity (Wildman–Crippen MR) is 83.0 cm³/mol. The molecule has 0 aliphatic carbocycles. The van der Waals surface area contributed by atoms with E-state index in [2.05, 4.69) is 58.1 Å². The van der Waals surface area contributed by atoms with Gasteiger partial charge in [0.25, 0.3) is 0 Å². The zero-order valence-corrected chi connectivity index (χ0v) is 13.7. The Hall–Kier alpha value is -0.733. The van der Waals surface area contributed by atoms with Crippen LogP contribution in [0.15, 0.2) is 35.9 Å². The Morgan fingerprint density at radius 2 is 1.72 bits per heavy atom. The van der Waals surface area contributed by atoms with Crippen LogP contribution in [0.4, 0.5) is 0 Å². The zero-order chi connectivity index (χ0) is 13.8. The summed E-state index contributed by atoms with van der Waals surface area (Å²) in [5.74, 6) is 0.972. The second kappa shape index (κ2) is 5.94. The summed E-state index contributed by atoms with van der Waals surface area (Å²) in [6.45, 7) is 11.3. The molecule has 3 heteroatoms.